The summed E-state index contributed by atoms with van der Waals surface area (Å²) in [5.41, 5.74) is -0.637. The first kappa shape index (κ1) is 11.7. The molecule has 1 heterocycles. The Bertz CT molecular complexity index is 343. The van der Waals surface area contributed by atoms with E-state index in [1.807, 2.05) is 19.9 Å². The highest BCUT2D eigenvalue weighted by Gasteiger charge is 2.51. The number of nitriles is 1. The molecule has 1 saturated heterocycles. The largest absolute Gasteiger partial charge is 0.274 e. The van der Waals surface area contributed by atoms with Gasteiger partial charge in [0.2, 0.25) is 11.8 Å². The van der Waals surface area contributed by atoms with E-state index in [1.165, 1.54) is 0 Å². The zero-order valence-corrected chi connectivity index (χ0v) is 9.57. The van der Waals surface area contributed by atoms with Crippen LogP contribution in [0, 0.1) is 22.7 Å². The van der Waals surface area contributed by atoms with Crippen LogP contribution in [0.15, 0.2) is 0 Å². The average Bonchev–Trinajstić information content (AvgIpc) is 2.38. The normalized spacial score (nSPS) is 28.4. The molecule has 0 bridgehead atoms. The molecule has 0 spiro atoms. The molecule has 0 aromatic rings. The van der Waals surface area contributed by atoms with E-state index >= 15 is 0 Å². The molecule has 0 aromatic carbocycles. The number of hydrogen-bond donors (Lipinski definition) is 0. The highest BCUT2D eigenvalue weighted by atomic mass is 16.2. The van der Waals surface area contributed by atoms with Gasteiger partial charge in [0.1, 0.15) is 6.04 Å². The molecule has 2 atom stereocenters. The molecular formula is C11H16N2O2. The van der Waals surface area contributed by atoms with Crippen molar-refractivity contribution in [2.75, 3.05) is 0 Å². The first-order valence-corrected chi connectivity index (χ1v) is 5.10. The Kier molecular flexibility index (Phi) is 2.85. The SMILES string of the molecule is CC(C#N)N1C(=O)CC(C)(C(C)C)C1=O. The van der Waals surface area contributed by atoms with Gasteiger partial charge in [0, 0.05) is 6.42 Å². The topological polar surface area (TPSA) is 61.2 Å². The van der Waals surface area contributed by atoms with Gasteiger partial charge in [0.25, 0.3) is 0 Å². The smallest absolute Gasteiger partial charge is 0.237 e. The Balaban J connectivity index is 3.05. The van der Waals surface area contributed by atoms with Gasteiger partial charge in [-0.05, 0) is 19.8 Å². The number of carbonyl (C=O) groups excluding carboxylic acids is 2. The van der Waals surface area contributed by atoms with Gasteiger partial charge in [-0.3, -0.25) is 14.5 Å². The third kappa shape index (κ3) is 1.63. The van der Waals surface area contributed by atoms with Gasteiger partial charge in [-0.15, -0.1) is 0 Å². The van der Waals surface area contributed by atoms with Crippen LogP contribution in [-0.2, 0) is 9.59 Å². The van der Waals surface area contributed by atoms with E-state index in [1.54, 1.807) is 13.8 Å². The summed E-state index contributed by atoms with van der Waals surface area (Å²) in [6.07, 6.45) is 0.218. The first-order chi connectivity index (χ1) is 6.84. The zero-order chi connectivity index (χ0) is 11.8. The quantitative estimate of drug-likeness (QED) is 0.643. The number of amides is 2. The van der Waals surface area contributed by atoms with E-state index in [2.05, 4.69) is 0 Å². The van der Waals surface area contributed by atoms with E-state index in [4.69, 9.17) is 5.26 Å². The summed E-state index contributed by atoms with van der Waals surface area (Å²) in [4.78, 5) is 24.8. The van der Waals surface area contributed by atoms with Crippen LogP contribution in [0.5, 0.6) is 0 Å². The molecule has 15 heavy (non-hydrogen) atoms. The fraction of sp³-hybridized carbons (Fsp3) is 0.727. The first-order valence-electron chi connectivity index (χ1n) is 5.10. The number of nitrogens with zero attached hydrogens (tertiary/aromatic N) is 2. The van der Waals surface area contributed by atoms with Crippen molar-refractivity contribution in [3.63, 3.8) is 0 Å². The Morgan fingerprint density at radius 3 is 2.27 bits per heavy atom. The van der Waals surface area contributed by atoms with Crippen molar-refractivity contribution in [2.45, 2.75) is 40.2 Å². The number of imide groups is 1. The molecular weight excluding hydrogens is 192 g/mol. The third-order valence-electron chi connectivity index (χ3n) is 3.34. The predicted octanol–water partition coefficient (Wildman–Crippen LogP) is 1.32. The Morgan fingerprint density at radius 1 is 1.40 bits per heavy atom. The van der Waals surface area contributed by atoms with Crippen molar-refractivity contribution in [3.05, 3.63) is 0 Å². The minimum absolute atomic E-state index is 0.102. The van der Waals surface area contributed by atoms with Crippen molar-refractivity contribution in [2.24, 2.45) is 11.3 Å². The molecule has 82 valence electrons. The van der Waals surface area contributed by atoms with Gasteiger partial charge in [0.05, 0.1) is 11.5 Å². The number of carbonyl (C=O) groups is 2. The molecule has 1 fully saturated rings. The predicted molar refractivity (Wildman–Crippen MR) is 54.5 cm³/mol. The van der Waals surface area contributed by atoms with Gasteiger partial charge in [0.15, 0.2) is 0 Å². The van der Waals surface area contributed by atoms with Crippen LogP contribution in [0.2, 0.25) is 0 Å². The molecule has 0 saturated carbocycles. The van der Waals surface area contributed by atoms with Gasteiger partial charge in [-0.1, -0.05) is 13.8 Å². The highest BCUT2D eigenvalue weighted by molar-refractivity contribution is 6.06. The molecule has 1 rings (SSSR count). The minimum atomic E-state index is -0.662. The summed E-state index contributed by atoms with van der Waals surface area (Å²) in [7, 11) is 0. The van der Waals surface area contributed by atoms with Crippen LogP contribution in [0.25, 0.3) is 0 Å². The second-order valence-corrected chi connectivity index (χ2v) is 4.62. The second-order valence-electron chi connectivity index (χ2n) is 4.62. The summed E-state index contributed by atoms with van der Waals surface area (Å²) >= 11 is 0. The molecule has 2 unspecified atom stereocenters. The van der Waals surface area contributed by atoms with Gasteiger partial charge >= 0.3 is 0 Å². The third-order valence-corrected chi connectivity index (χ3v) is 3.34. The van der Waals surface area contributed by atoms with E-state index in [-0.39, 0.29) is 24.2 Å². The lowest BCUT2D eigenvalue weighted by Crippen LogP contribution is -2.41. The number of likely N-dealkylation sites (tertiary alicyclic amines) is 1. The molecule has 0 aromatic heterocycles. The number of hydrogen-bond acceptors (Lipinski definition) is 3. The monoisotopic (exact) mass is 208 g/mol. The average molecular weight is 208 g/mol. The van der Waals surface area contributed by atoms with Crippen molar-refractivity contribution in [3.8, 4) is 6.07 Å². The Labute approximate surface area is 89.9 Å². The summed E-state index contributed by atoms with van der Waals surface area (Å²) in [6, 6.07) is 1.27. The van der Waals surface area contributed by atoms with E-state index in [0.29, 0.717) is 0 Å². The molecule has 4 heteroatoms. The molecule has 1 aliphatic heterocycles. The van der Waals surface area contributed by atoms with Gasteiger partial charge in [-0.25, -0.2) is 0 Å². The van der Waals surface area contributed by atoms with Crippen molar-refractivity contribution >= 4 is 11.8 Å². The fourth-order valence-electron chi connectivity index (χ4n) is 1.76. The lowest BCUT2D eigenvalue weighted by Gasteiger charge is -2.26. The maximum atomic E-state index is 12.0. The molecule has 1 aliphatic rings. The van der Waals surface area contributed by atoms with Crippen LogP contribution < -0.4 is 0 Å². The van der Waals surface area contributed by atoms with Crippen molar-refractivity contribution in [1.82, 2.24) is 4.90 Å². The fourth-order valence-corrected chi connectivity index (χ4v) is 1.76. The van der Waals surface area contributed by atoms with Gasteiger partial charge in [-0.2, -0.15) is 5.26 Å². The molecule has 0 N–H and O–H groups in total. The Morgan fingerprint density at radius 2 is 1.93 bits per heavy atom. The maximum Gasteiger partial charge on any atom is 0.237 e. The minimum Gasteiger partial charge on any atom is -0.274 e. The van der Waals surface area contributed by atoms with Crippen LogP contribution in [0.1, 0.15) is 34.1 Å². The number of rotatable bonds is 2. The standard InChI is InChI=1S/C11H16N2O2/c1-7(2)11(4)5-9(14)13(10(11)15)8(3)6-12/h7-8H,5H2,1-4H3. The van der Waals surface area contributed by atoms with Crippen LogP contribution in [0.3, 0.4) is 0 Å². The molecule has 0 radical (unpaired) electrons. The summed E-state index contributed by atoms with van der Waals surface area (Å²) in [5.74, 6) is -0.341. The lowest BCUT2D eigenvalue weighted by molar-refractivity contribution is -0.143. The summed E-state index contributed by atoms with van der Waals surface area (Å²) in [5, 5.41) is 8.74. The molecule has 2 amide bonds. The second kappa shape index (κ2) is 3.65. The molecule has 4 nitrogen and oxygen atoms in total. The zero-order valence-electron chi connectivity index (χ0n) is 9.57. The highest BCUT2D eigenvalue weighted by Crippen LogP contribution is 2.39. The summed E-state index contributed by atoms with van der Waals surface area (Å²) in [6.45, 7) is 7.21. The summed E-state index contributed by atoms with van der Waals surface area (Å²) < 4.78 is 0. The lowest BCUT2D eigenvalue weighted by atomic mass is 9.78. The van der Waals surface area contributed by atoms with Gasteiger partial charge < -0.3 is 0 Å². The van der Waals surface area contributed by atoms with E-state index in [0.717, 1.165) is 4.90 Å². The van der Waals surface area contributed by atoms with E-state index < -0.39 is 11.5 Å². The van der Waals surface area contributed by atoms with Crippen LogP contribution in [-0.4, -0.2) is 22.8 Å². The molecule has 0 aliphatic carbocycles. The van der Waals surface area contributed by atoms with E-state index in [9.17, 15) is 9.59 Å². The van der Waals surface area contributed by atoms with Crippen LogP contribution >= 0.6 is 0 Å². The van der Waals surface area contributed by atoms with Crippen molar-refractivity contribution in [1.29, 1.82) is 5.26 Å². The Hall–Kier alpha value is -1.37. The van der Waals surface area contributed by atoms with Crippen molar-refractivity contribution < 1.29 is 9.59 Å². The van der Waals surface area contributed by atoms with Crippen LogP contribution in [0.4, 0.5) is 0 Å². The maximum absolute atomic E-state index is 12.0.